The Morgan fingerprint density at radius 1 is 1.09 bits per heavy atom. The molecule has 2 unspecified atom stereocenters. The predicted molar refractivity (Wildman–Crippen MR) is 131 cm³/mol. The second-order valence-corrected chi connectivity index (χ2v) is 9.59. The minimum atomic E-state index is -0.457. The van der Waals surface area contributed by atoms with Crippen LogP contribution in [0.5, 0.6) is 5.75 Å². The fourth-order valence-corrected chi connectivity index (χ4v) is 5.03. The van der Waals surface area contributed by atoms with E-state index in [1.807, 2.05) is 69.3 Å². The quantitative estimate of drug-likeness (QED) is 0.640. The molecular formula is C28H32N2O3. The van der Waals surface area contributed by atoms with Gasteiger partial charge in [0, 0.05) is 40.6 Å². The molecular weight excluding hydrogens is 412 g/mol. The molecule has 2 aromatic rings. The number of para-hydroxylation sites is 2. The van der Waals surface area contributed by atoms with E-state index in [-0.39, 0.29) is 17.1 Å². The summed E-state index contributed by atoms with van der Waals surface area (Å²) in [6.45, 7) is 10.4. The predicted octanol–water partition coefficient (Wildman–Crippen LogP) is 5.49. The lowest BCUT2D eigenvalue weighted by Crippen LogP contribution is -2.44. The lowest BCUT2D eigenvalue weighted by Gasteiger charge is -2.42. The highest BCUT2D eigenvalue weighted by molar-refractivity contribution is 6.07. The summed E-state index contributed by atoms with van der Waals surface area (Å²) in [5, 5.41) is 6.48. The Kier molecular flexibility index (Phi) is 6.15. The minimum absolute atomic E-state index is 0.134. The number of ether oxygens (including phenoxy) is 1. The summed E-state index contributed by atoms with van der Waals surface area (Å²) in [4.78, 5) is 27.2. The third kappa shape index (κ3) is 4.45. The van der Waals surface area contributed by atoms with Gasteiger partial charge >= 0.3 is 0 Å². The lowest BCUT2D eigenvalue weighted by molar-refractivity contribution is -0.124. The second-order valence-electron chi connectivity index (χ2n) is 9.59. The molecule has 0 bridgehead atoms. The van der Waals surface area contributed by atoms with Crippen LogP contribution in [0.2, 0.25) is 0 Å². The van der Waals surface area contributed by atoms with Crippen molar-refractivity contribution in [1.82, 2.24) is 5.32 Å². The number of anilines is 1. The Morgan fingerprint density at radius 2 is 1.79 bits per heavy atom. The minimum Gasteiger partial charge on any atom is -0.494 e. The number of carbonyl (C=O) groups is 2. The van der Waals surface area contributed by atoms with Crippen LogP contribution in [0.25, 0.3) is 0 Å². The highest BCUT2D eigenvalue weighted by Gasteiger charge is 2.46. The average molecular weight is 445 g/mol. The molecule has 2 aliphatic rings. The van der Waals surface area contributed by atoms with Gasteiger partial charge in [0.1, 0.15) is 11.5 Å². The fourth-order valence-electron chi connectivity index (χ4n) is 5.03. The first-order valence-electron chi connectivity index (χ1n) is 11.5. The number of rotatable bonds is 5. The van der Waals surface area contributed by atoms with Crippen molar-refractivity contribution in [2.75, 3.05) is 11.9 Å². The molecule has 0 fully saturated rings. The number of hydrogen-bond acceptors (Lipinski definition) is 4. The first-order valence-corrected chi connectivity index (χ1v) is 11.5. The van der Waals surface area contributed by atoms with Gasteiger partial charge in [0.25, 0.3) is 5.91 Å². The monoisotopic (exact) mass is 444 g/mol. The van der Waals surface area contributed by atoms with Crippen molar-refractivity contribution in [1.29, 1.82) is 0 Å². The summed E-state index contributed by atoms with van der Waals surface area (Å²) in [7, 11) is 0. The van der Waals surface area contributed by atoms with Crippen LogP contribution in [0.3, 0.4) is 0 Å². The number of allylic oxidation sites excluding steroid dienone is 3. The first-order chi connectivity index (χ1) is 15.7. The van der Waals surface area contributed by atoms with E-state index in [2.05, 4.69) is 30.6 Å². The Labute approximate surface area is 195 Å². The molecule has 5 nitrogen and oxygen atoms in total. The van der Waals surface area contributed by atoms with E-state index in [9.17, 15) is 9.59 Å². The molecule has 2 aromatic carbocycles. The zero-order valence-electron chi connectivity index (χ0n) is 20.0. The van der Waals surface area contributed by atoms with Gasteiger partial charge in [-0.3, -0.25) is 9.59 Å². The van der Waals surface area contributed by atoms with Crippen molar-refractivity contribution in [3.8, 4) is 5.75 Å². The Morgan fingerprint density at radius 3 is 2.52 bits per heavy atom. The number of aryl methyl sites for hydroxylation is 1. The Balaban J connectivity index is 1.87. The number of Topliss-reactive ketones (excluding diaryl/α,β-unsaturated/α-hetero) is 1. The van der Waals surface area contributed by atoms with Gasteiger partial charge in [-0.15, -0.1) is 0 Å². The summed E-state index contributed by atoms with van der Waals surface area (Å²) < 4.78 is 5.94. The van der Waals surface area contributed by atoms with Gasteiger partial charge < -0.3 is 15.4 Å². The van der Waals surface area contributed by atoms with Gasteiger partial charge in [-0.05, 0) is 43.9 Å². The highest BCUT2D eigenvalue weighted by atomic mass is 16.5. The zero-order valence-corrected chi connectivity index (χ0v) is 20.0. The molecule has 1 heterocycles. The van der Waals surface area contributed by atoms with Crippen molar-refractivity contribution in [3.05, 3.63) is 82.7 Å². The van der Waals surface area contributed by atoms with Crippen LogP contribution in [0.4, 0.5) is 5.69 Å². The van der Waals surface area contributed by atoms with Crippen LogP contribution in [0.1, 0.15) is 51.2 Å². The Hall–Kier alpha value is -3.34. The van der Waals surface area contributed by atoms with E-state index in [4.69, 9.17) is 4.74 Å². The third-order valence-electron chi connectivity index (χ3n) is 6.43. The molecule has 0 radical (unpaired) electrons. The number of amides is 1. The highest BCUT2D eigenvalue weighted by Crippen LogP contribution is 2.48. The summed E-state index contributed by atoms with van der Waals surface area (Å²) >= 11 is 0. The van der Waals surface area contributed by atoms with Crippen LogP contribution >= 0.6 is 0 Å². The van der Waals surface area contributed by atoms with Crippen molar-refractivity contribution < 1.29 is 14.3 Å². The lowest BCUT2D eigenvalue weighted by atomic mass is 9.66. The smallest absolute Gasteiger partial charge is 0.254 e. The van der Waals surface area contributed by atoms with E-state index in [1.165, 1.54) is 0 Å². The molecule has 0 saturated carbocycles. The van der Waals surface area contributed by atoms with Gasteiger partial charge in [-0.1, -0.05) is 56.3 Å². The van der Waals surface area contributed by atoms with Gasteiger partial charge in [-0.25, -0.2) is 0 Å². The van der Waals surface area contributed by atoms with Crippen molar-refractivity contribution >= 4 is 17.4 Å². The molecule has 2 atom stereocenters. The Bertz CT molecular complexity index is 1160. The van der Waals surface area contributed by atoms with Gasteiger partial charge in [0.15, 0.2) is 0 Å². The largest absolute Gasteiger partial charge is 0.494 e. The van der Waals surface area contributed by atoms with E-state index in [0.717, 1.165) is 28.2 Å². The van der Waals surface area contributed by atoms with Crippen LogP contribution in [-0.2, 0) is 9.59 Å². The van der Waals surface area contributed by atoms with Crippen molar-refractivity contribution in [3.63, 3.8) is 0 Å². The average Bonchev–Trinajstić information content (AvgIpc) is 2.74. The van der Waals surface area contributed by atoms with E-state index in [1.54, 1.807) is 0 Å². The molecule has 0 spiro atoms. The number of ketones is 1. The molecule has 5 heteroatoms. The van der Waals surface area contributed by atoms with Crippen molar-refractivity contribution in [2.45, 2.75) is 47.0 Å². The van der Waals surface area contributed by atoms with Gasteiger partial charge in [-0.2, -0.15) is 0 Å². The molecule has 33 heavy (non-hydrogen) atoms. The summed E-state index contributed by atoms with van der Waals surface area (Å²) in [5.41, 5.74) is 4.57. The number of hydrogen-bond donors (Lipinski definition) is 2. The molecule has 2 N–H and O–H groups in total. The standard InChI is InChI=1S/C28H32N2O3/c1-6-33-23-14-10-8-12-19(23)25-24(27(32)30-20-13-9-7-11-17(20)2)18(3)29-21-15-28(4,5)16-22(31)26(21)25/h7-15,25-26,29H,6,16H2,1-5H3,(H,30,32). The van der Waals surface area contributed by atoms with Crippen molar-refractivity contribution in [2.24, 2.45) is 11.3 Å². The molecule has 0 aromatic heterocycles. The normalized spacial score (nSPS) is 21.6. The first kappa shape index (κ1) is 22.8. The van der Waals surface area contributed by atoms with E-state index in [0.29, 0.717) is 24.4 Å². The molecule has 1 aliphatic heterocycles. The molecule has 172 valence electrons. The maximum absolute atomic E-state index is 13.7. The van der Waals surface area contributed by atoms with E-state index >= 15 is 0 Å². The van der Waals surface area contributed by atoms with Crippen LogP contribution < -0.4 is 15.4 Å². The molecule has 1 aliphatic carbocycles. The SMILES string of the molecule is CCOc1ccccc1C1C(C(=O)Nc2ccccc2C)=C(C)NC2=CC(C)(C)CC(=O)C21. The number of nitrogens with one attached hydrogen (secondary N) is 2. The molecule has 4 rings (SSSR count). The molecule has 1 amide bonds. The van der Waals surface area contributed by atoms with Gasteiger partial charge in [0.05, 0.1) is 12.5 Å². The second kappa shape index (κ2) is 8.89. The summed E-state index contributed by atoms with van der Waals surface area (Å²) in [5.74, 6) is -0.260. The van der Waals surface area contributed by atoms with E-state index < -0.39 is 11.8 Å². The van der Waals surface area contributed by atoms with Crippen LogP contribution in [-0.4, -0.2) is 18.3 Å². The maximum Gasteiger partial charge on any atom is 0.254 e. The van der Waals surface area contributed by atoms with Crippen LogP contribution in [0.15, 0.2) is 71.6 Å². The molecule has 0 saturated heterocycles. The maximum atomic E-state index is 13.7. The van der Waals surface area contributed by atoms with Gasteiger partial charge in [0.2, 0.25) is 0 Å². The number of fused-ring (bicyclic) bond motifs is 1. The number of benzene rings is 2. The zero-order chi connectivity index (χ0) is 23.8. The summed E-state index contributed by atoms with van der Waals surface area (Å²) in [6.07, 6.45) is 2.58. The summed E-state index contributed by atoms with van der Waals surface area (Å²) in [6, 6.07) is 15.4. The number of carbonyl (C=O) groups excluding carboxylic acids is 2. The topological polar surface area (TPSA) is 67.4 Å². The van der Waals surface area contributed by atoms with Crippen LogP contribution in [0, 0.1) is 18.3 Å². The third-order valence-corrected chi connectivity index (χ3v) is 6.43. The fraction of sp³-hybridized carbons (Fsp3) is 0.357.